The molecule has 0 atom stereocenters. The molecule has 1 aromatic heterocycles. The maximum absolute atomic E-state index is 12.3. The number of hydrogen-bond donors (Lipinski definition) is 0. The quantitative estimate of drug-likeness (QED) is 0.718. The van der Waals surface area contributed by atoms with Gasteiger partial charge in [-0.25, -0.2) is 0 Å². The van der Waals surface area contributed by atoms with E-state index in [1.807, 2.05) is 0 Å². The number of rotatable bonds is 1. The van der Waals surface area contributed by atoms with Crippen molar-refractivity contribution < 1.29 is 13.2 Å². The van der Waals surface area contributed by atoms with Crippen molar-refractivity contribution in [2.24, 2.45) is 0 Å². The van der Waals surface area contributed by atoms with Gasteiger partial charge in [0.1, 0.15) is 5.69 Å². The lowest BCUT2D eigenvalue weighted by Crippen LogP contribution is -2.07. The van der Waals surface area contributed by atoms with Gasteiger partial charge in [-0.2, -0.15) is 13.2 Å². The number of halogens is 3. The fourth-order valence-corrected chi connectivity index (χ4v) is 1.31. The summed E-state index contributed by atoms with van der Waals surface area (Å²) in [5.74, 6) is 0. The summed E-state index contributed by atoms with van der Waals surface area (Å²) in [5.41, 5.74) is 0.598. The lowest BCUT2D eigenvalue weighted by molar-refractivity contribution is -0.141. The van der Waals surface area contributed by atoms with Crippen molar-refractivity contribution >= 4 is 0 Å². The monoisotopic (exact) mass is 222 g/mol. The van der Waals surface area contributed by atoms with Crippen molar-refractivity contribution in [3.05, 3.63) is 54.4 Å². The third kappa shape index (κ3) is 2.21. The third-order valence-corrected chi connectivity index (χ3v) is 2.11. The van der Waals surface area contributed by atoms with Crippen LogP contribution in [-0.2, 0) is 6.18 Å². The summed E-state index contributed by atoms with van der Waals surface area (Å²) in [6.45, 7) is 0. The van der Waals surface area contributed by atoms with Crippen LogP contribution in [-0.4, -0.2) is 4.98 Å². The summed E-state index contributed by atoms with van der Waals surface area (Å²) in [4.78, 5) is 3.39. The smallest absolute Gasteiger partial charge is 0.251 e. The van der Waals surface area contributed by atoms with Gasteiger partial charge in [-0.15, -0.1) is 0 Å². The highest BCUT2D eigenvalue weighted by atomic mass is 19.4. The molecular formula is C12H7F3N. The fourth-order valence-electron chi connectivity index (χ4n) is 1.31. The van der Waals surface area contributed by atoms with Crippen LogP contribution >= 0.6 is 0 Å². The van der Waals surface area contributed by atoms with E-state index in [0.29, 0.717) is 5.56 Å². The molecule has 4 heteroatoms. The number of hydrogen-bond acceptors (Lipinski definition) is 1. The first-order chi connectivity index (χ1) is 7.57. The van der Waals surface area contributed by atoms with Crippen LogP contribution in [0.15, 0.2) is 42.6 Å². The molecule has 2 rings (SSSR count). The minimum atomic E-state index is -4.39. The molecule has 0 aliphatic heterocycles. The third-order valence-electron chi connectivity index (χ3n) is 2.11. The molecule has 81 valence electrons. The lowest BCUT2D eigenvalue weighted by Gasteiger charge is -2.06. The topological polar surface area (TPSA) is 12.9 Å². The maximum atomic E-state index is 12.3. The summed E-state index contributed by atoms with van der Waals surface area (Å²) in [7, 11) is 0. The van der Waals surface area contributed by atoms with Gasteiger partial charge in [-0.1, -0.05) is 30.3 Å². The van der Waals surface area contributed by atoms with Gasteiger partial charge < -0.3 is 0 Å². The highest BCUT2D eigenvalue weighted by Crippen LogP contribution is 2.28. The average Bonchev–Trinajstić information content (AvgIpc) is 2.29. The Morgan fingerprint density at radius 1 is 0.938 bits per heavy atom. The first kappa shape index (κ1) is 10.7. The van der Waals surface area contributed by atoms with E-state index in [0.717, 1.165) is 11.6 Å². The van der Waals surface area contributed by atoms with E-state index in [9.17, 15) is 13.2 Å². The van der Waals surface area contributed by atoms with Crippen molar-refractivity contribution in [2.45, 2.75) is 6.18 Å². The van der Waals surface area contributed by atoms with Crippen LogP contribution in [0.25, 0.3) is 11.1 Å². The SMILES string of the molecule is FC(F)(F)c1ccc(-c2cc[c]cc2)cn1. The van der Waals surface area contributed by atoms with E-state index >= 15 is 0 Å². The van der Waals surface area contributed by atoms with Gasteiger partial charge in [-0.05, 0) is 17.7 Å². The van der Waals surface area contributed by atoms with Crippen molar-refractivity contribution in [3.8, 4) is 11.1 Å². The van der Waals surface area contributed by atoms with Crippen molar-refractivity contribution in [2.75, 3.05) is 0 Å². The van der Waals surface area contributed by atoms with Crippen molar-refractivity contribution in [3.63, 3.8) is 0 Å². The van der Waals surface area contributed by atoms with Gasteiger partial charge in [0.05, 0.1) is 0 Å². The maximum Gasteiger partial charge on any atom is 0.433 e. The van der Waals surface area contributed by atoms with E-state index in [4.69, 9.17) is 0 Å². The number of benzene rings is 1. The molecule has 1 aromatic carbocycles. The predicted molar refractivity (Wildman–Crippen MR) is 53.5 cm³/mol. The van der Waals surface area contributed by atoms with Crippen LogP contribution in [0.5, 0.6) is 0 Å². The highest BCUT2D eigenvalue weighted by molar-refractivity contribution is 5.62. The average molecular weight is 222 g/mol. The number of pyridine rings is 1. The Kier molecular flexibility index (Phi) is 2.64. The van der Waals surface area contributed by atoms with Crippen molar-refractivity contribution in [1.82, 2.24) is 4.98 Å². The molecule has 1 nitrogen and oxygen atoms in total. The second-order valence-corrected chi connectivity index (χ2v) is 3.22. The van der Waals surface area contributed by atoms with Gasteiger partial charge in [0.25, 0.3) is 0 Å². The minimum Gasteiger partial charge on any atom is -0.251 e. The standard InChI is InChI=1S/C12H7F3N/c13-12(14,15)11-7-6-10(8-16-11)9-4-2-1-3-5-9/h2-8H. The van der Waals surface area contributed by atoms with Crippen LogP contribution < -0.4 is 0 Å². The van der Waals surface area contributed by atoms with Gasteiger partial charge >= 0.3 is 6.18 Å². The molecule has 0 bridgehead atoms. The fraction of sp³-hybridized carbons (Fsp3) is 0.0833. The molecule has 2 aromatic rings. The Hall–Kier alpha value is -1.84. The molecule has 1 heterocycles. The normalized spacial score (nSPS) is 11.4. The molecule has 0 N–H and O–H groups in total. The van der Waals surface area contributed by atoms with Crippen LogP contribution in [0, 0.1) is 6.07 Å². The predicted octanol–water partition coefficient (Wildman–Crippen LogP) is 3.57. The highest BCUT2D eigenvalue weighted by Gasteiger charge is 2.31. The zero-order valence-corrected chi connectivity index (χ0v) is 8.12. The minimum absolute atomic E-state index is 0.655. The zero-order valence-electron chi connectivity index (χ0n) is 8.12. The number of nitrogens with zero attached hydrogens (tertiary/aromatic N) is 1. The molecule has 0 spiro atoms. The summed E-state index contributed by atoms with van der Waals surface area (Å²) in [6, 6.07) is 12.2. The van der Waals surface area contributed by atoms with E-state index in [-0.39, 0.29) is 0 Å². The number of aromatic nitrogens is 1. The summed E-state index contributed by atoms with van der Waals surface area (Å²) < 4.78 is 36.8. The van der Waals surface area contributed by atoms with E-state index in [1.165, 1.54) is 12.3 Å². The van der Waals surface area contributed by atoms with Crippen LogP contribution in [0.2, 0.25) is 0 Å². The first-order valence-electron chi connectivity index (χ1n) is 4.57. The summed E-state index contributed by atoms with van der Waals surface area (Å²) in [6.07, 6.45) is -3.17. The Balaban J connectivity index is 2.34. The summed E-state index contributed by atoms with van der Waals surface area (Å²) in [5, 5.41) is 0. The lowest BCUT2D eigenvalue weighted by atomic mass is 10.1. The van der Waals surface area contributed by atoms with Crippen LogP contribution in [0.3, 0.4) is 0 Å². The molecule has 0 unspecified atom stereocenters. The van der Waals surface area contributed by atoms with Gasteiger partial charge in [0.2, 0.25) is 0 Å². The zero-order chi connectivity index (χ0) is 11.6. The molecule has 16 heavy (non-hydrogen) atoms. The molecule has 0 fully saturated rings. The Bertz CT molecular complexity index is 460. The molecule has 0 aliphatic carbocycles. The molecular weight excluding hydrogens is 215 g/mol. The molecule has 0 amide bonds. The van der Waals surface area contributed by atoms with E-state index in [1.54, 1.807) is 24.3 Å². The molecule has 1 radical (unpaired) electrons. The Morgan fingerprint density at radius 3 is 2.12 bits per heavy atom. The van der Waals surface area contributed by atoms with Crippen LogP contribution in [0.4, 0.5) is 13.2 Å². The summed E-state index contributed by atoms with van der Waals surface area (Å²) >= 11 is 0. The molecule has 0 saturated heterocycles. The van der Waals surface area contributed by atoms with E-state index < -0.39 is 11.9 Å². The van der Waals surface area contributed by atoms with Gasteiger partial charge in [0.15, 0.2) is 0 Å². The Labute approximate surface area is 90.6 Å². The van der Waals surface area contributed by atoms with Gasteiger partial charge in [-0.3, -0.25) is 4.98 Å². The first-order valence-corrected chi connectivity index (χ1v) is 4.57. The Morgan fingerprint density at radius 2 is 1.62 bits per heavy atom. The largest absolute Gasteiger partial charge is 0.433 e. The van der Waals surface area contributed by atoms with Crippen molar-refractivity contribution in [1.29, 1.82) is 0 Å². The van der Waals surface area contributed by atoms with E-state index in [2.05, 4.69) is 11.1 Å². The second-order valence-electron chi connectivity index (χ2n) is 3.22. The molecule has 0 saturated carbocycles. The number of alkyl halides is 3. The second kappa shape index (κ2) is 3.96. The molecule has 0 aliphatic rings. The van der Waals surface area contributed by atoms with Gasteiger partial charge in [0, 0.05) is 11.8 Å². The van der Waals surface area contributed by atoms with Crippen LogP contribution in [0.1, 0.15) is 5.69 Å².